The quantitative estimate of drug-likeness (QED) is 0.936. The Kier molecular flexibility index (Phi) is 4.79. The van der Waals surface area contributed by atoms with Crippen LogP contribution >= 0.6 is 0 Å². The topological polar surface area (TPSA) is 58.1 Å². The van der Waals surface area contributed by atoms with Gasteiger partial charge < -0.3 is 10.2 Å². The van der Waals surface area contributed by atoms with Crippen LogP contribution in [-0.4, -0.2) is 29.2 Å². The lowest BCUT2D eigenvalue weighted by molar-refractivity contribution is 0.102. The van der Waals surface area contributed by atoms with Crippen molar-refractivity contribution in [2.45, 2.75) is 40.0 Å². The van der Waals surface area contributed by atoms with E-state index in [1.54, 1.807) is 6.07 Å². The van der Waals surface area contributed by atoms with Gasteiger partial charge in [-0.1, -0.05) is 17.7 Å². The van der Waals surface area contributed by atoms with Crippen LogP contribution in [0.25, 0.3) is 0 Å². The molecule has 24 heavy (non-hydrogen) atoms. The summed E-state index contributed by atoms with van der Waals surface area (Å²) in [4.78, 5) is 14.7. The summed E-state index contributed by atoms with van der Waals surface area (Å²) < 4.78 is 0. The minimum atomic E-state index is -0.220. The van der Waals surface area contributed by atoms with Crippen molar-refractivity contribution in [1.29, 1.82) is 0 Å². The maximum Gasteiger partial charge on any atom is 0.276 e. The van der Waals surface area contributed by atoms with E-state index in [1.807, 2.05) is 19.9 Å². The molecule has 0 unspecified atom stereocenters. The van der Waals surface area contributed by atoms with Crippen molar-refractivity contribution in [1.82, 2.24) is 10.2 Å². The van der Waals surface area contributed by atoms with Crippen LogP contribution in [0.3, 0.4) is 0 Å². The van der Waals surface area contributed by atoms with Crippen molar-refractivity contribution in [3.8, 4) is 0 Å². The first-order valence-corrected chi connectivity index (χ1v) is 8.52. The summed E-state index contributed by atoms with van der Waals surface area (Å²) in [6.45, 7) is 8.09. The summed E-state index contributed by atoms with van der Waals surface area (Å²) in [7, 11) is 0. The zero-order valence-corrected chi connectivity index (χ0v) is 14.6. The highest BCUT2D eigenvalue weighted by Crippen LogP contribution is 2.22. The predicted octanol–water partition coefficient (Wildman–Crippen LogP) is 3.64. The van der Waals surface area contributed by atoms with E-state index in [2.05, 4.69) is 39.5 Å². The number of hydrogen-bond acceptors (Lipinski definition) is 4. The molecule has 1 aromatic heterocycles. The fourth-order valence-electron chi connectivity index (χ4n) is 3.29. The number of rotatable bonds is 3. The zero-order chi connectivity index (χ0) is 17.1. The molecule has 0 aliphatic carbocycles. The molecule has 1 fully saturated rings. The molecule has 0 bridgehead atoms. The predicted molar refractivity (Wildman–Crippen MR) is 96.7 cm³/mol. The van der Waals surface area contributed by atoms with Crippen LogP contribution in [0.1, 0.15) is 46.4 Å². The van der Waals surface area contributed by atoms with Gasteiger partial charge in [0.05, 0.1) is 0 Å². The number of benzene rings is 1. The number of aromatic nitrogens is 2. The number of hydrogen-bond donors (Lipinski definition) is 1. The average molecular weight is 324 g/mol. The third-order valence-corrected chi connectivity index (χ3v) is 4.48. The molecule has 2 heterocycles. The minimum absolute atomic E-state index is 0.220. The second kappa shape index (κ2) is 6.99. The summed E-state index contributed by atoms with van der Waals surface area (Å²) in [5.74, 6) is 0.636. The first-order valence-electron chi connectivity index (χ1n) is 8.52. The van der Waals surface area contributed by atoms with E-state index in [9.17, 15) is 4.79 Å². The van der Waals surface area contributed by atoms with E-state index in [1.165, 1.54) is 24.8 Å². The van der Waals surface area contributed by atoms with Gasteiger partial charge in [0, 0.05) is 18.8 Å². The second-order valence-electron chi connectivity index (χ2n) is 6.55. The van der Waals surface area contributed by atoms with Crippen LogP contribution in [0.4, 0.5) is 11.5 Å². The molecular formula is C19H24N4O. The Bertz CT molecular complexity index is 711. The highest BCUT2D eigenvalue weighted by molar-refractivity contribution is 6.03. The maximum atomic E-state index is 12.5. The molecule has 5 nitrogen and oxygen atoms in total. The van der Waals surface area contributed by atoms with Crippen molar-refractivity contribution in [3.63, 3.8) is 0 Å². The van der Waals surface area contributed by atoms with Crippen LogP contribution in [-0.2, 0) is 0 Å². The third kappa shape index (κ3) is 3.55. The fourth-order valence-corrected chi connectivity index (χ4v) is 3.29. The lowest BCUT2D eigenvalue weighted by atomic mass is 10.1. The average Bonchev–Trinajstić information content (AvgIpc) is 2.59. The molecule has 5 heteroatoms. The smallest absolute Gasteiger partial charge is 0.276 e. The van der Waals surface area contributed by atoms with Gasteiger partial charge >= 0.3 is 0 Å². The van der Waals surface area contributed by atoms with Gasteiger partial charge in [-0.3, -0.25) is 4.79 Å². The van der Waals surface area contributed by atoms with E-state index < -0.39 is 0 Å². The van der Waals surface area contributed by atoms with E-state index in [0.29, 0.717) is 5.69 Å². The number of anilines is 2. The number of carbonyl (C=O) groups is 1. The van der Waals surface area contributed by atoms with Crippen LogP contribution in [0.5, 0.6) is 0 Å². The lowest BCUT2D eigenvalue weighted by Gasteiger charge is -2.27. The van der Waals surface area contributed by atoms with Crippen LogP contribution < -0.4 is 10.2 Å². The van der Waals surface area contributed by atoms with Crippen molar-refractivity contribution >= 4 is 17.4 Å². The number of piperidine rings is 1. The Morgan fingerprint density at radius 1 is 1.00 bits per heavy atom. The van der Waals surface area contributed by atoms with Crippen molar-refractivity contribution < 1.29 is 4.79 Å². The zero-order valence-electron chi connectivity index (χ0n) is 14.6. The summed E-state index contributed by atoms with van der Waals surface area (Å²) in [6, 6.07) is 7.77. The monoisotopic (exact) mass is 324 g/mol. The normalized spacial score (nSPS) is 14.5. The summed E-state index contributed by atoms with van der Waals surface area (Å²) in [6.07, 6.45) is 3.66. The molecule has 1 saturated heterocycles. The molecule has 1 aliphatic heterocycles. The number of amides is 1. The van der Waals surface area contributed by atoms with Gasteiger partial charge in [-0.25, -0.2) is 0 Å². The van der Waals surface area contributed by atoms with Gasteiger partial charge in [-0.05, 0) is 63.3 Å². The van der Waals surface area contributed by atoms with Crippen molar-refractivity contribution in [3.05, 3.63) is 46.6 Å². The SMILES string of the molecule is Cc1cc(C)c(NC(=O)c2ccc(N3CCCCC3)nn2)c(C)c1. The second-order valence-corrected chi connectivity index (χ2v) is 6.55. The Labute approximate surface area is 143 Å². The molecule has 0 spiro atoms. The minimum Gasteiger partial charge on any atom is -0.355 e. The molecule has 0 radical (unpaired) electrons. The lowest BCUT2D eigenvalue weighted by Crippen LogP contribution is -2.30. The first-order chi connectivity index (χ1) is 11.5. The van der Waals surface area contributed by atoms with E-state index in [4.69, 9.17) is 0 Å². The molecule has 1 amide bonds. The molecule has 0 saturated carbocycles. The Hall–Kier alpha value is -2.43. The number of nitrogens with one attached hydrogen (secondary N) is 1. The number of nitrogens with zero attached hydrogens (tertiary/aromatic N) is 3. The highest BCUT2D eigenvalue weighted by Gasteiger charge is 2.15. The van der Waals surface area contributed by atoms with Gasteiger partial charge in [-0.2, -0.15) is 0 Å². The van der Waals surface area contributed by atoms with Crippen LogP contribution in [0, 0.1) is 20.8 Å². The number of carbonyl (C=O) groups excluding carboxylic acids is 1. The summed E-state index contributed by atoms with van der Waals surface area (Å²) in [5.41, 5.74) is 4.49. The molecule has 1 N–H and O–H groups in total. The Balaban J connectivity index is 1.73. The maximum absolute atomic E-state index is 12.5. The summed E-state index contributed by atoms with van der Waals surface area (Å²) in [5, 5.41) is 11.3. The van der Waals surface area contributed by atoms with Crippen LogP contribution in [0.2, 0.25) is 0 Å². The van der Waals surface area contributed by atoms with Gasteiger partial charge in [0.1, 0.15) is 0 Å². The molecule has 3 rings (SSSR count). The van der Waals surface area contributed by atoms with Gasteiger partial charge in [0.15, 0.2) is 11.5 Å². The number of aryl methyl sites for hydroxylation is 3. The standard InChI is InChI=1S/C19H24N4O/c1-13-11-14(2)18(15(3)12-13)20-19(24)16-7-8-17(22-21-16)23-9-5-4-6-10-23/h7-8,11-12H,4-6,9-10H2,1-3H3,(H,20,24). The Morgan fingerprint density at radius 3 is 2.25 bits per heavy atom. The third-order valence-electron chi connectivity index (χ3n) is 4.48. The van der Waals surface area contributed by atoms with Crippen molar-refractivity contribution in [2.24, 2.45) is 0 Å². The van der Waals surface area contributed by atoms with Gasteiger partial charge in [0.25, 0.3) is 5.91 Å². The molecule has 2 aromatic rings. The first kappa shape index (κ1) is 16.4. The Morgan fingerprint density at radius 2 is 1.67 bits per heavy atom. The molecule has 1 aromatic carbocycles. The van der Waals surface area contributed by atoms with Crippen LogP contribution in [0.15, 0.2) is 24.3 Å². The van der Waals surface area contributed by atoms with E-state index in [-0.39, 0.29) is 5.91 Å². The van der Waals surface area contributed by atoms with E-state index >= 15 is 0 Å². The fraction of sp³-hybridized carbons (Fsp3) is 0.421. The molecule has 0 atom stereocenters. The molecular weight excluding hydrogens is 300 g/mol. The van der Waals surface area contributed by atoms with Crippen molar-refractivity contribution in [2.75, 3.05) is 23.3 Å². The van der Waals surface area contributed by atoms with Gasteiger partial charge in [0.2, 0.25) is 0 Å². The summed E-state index contributed by atoms with van der Waals surface area (Å²) >= 11 is 0. The molecule has 126 valence electrons. The molecule has 1 aliphatic rings. The highest BCUT2D eigenvalue weighted by atomic mass is 16.1. The van der Waals surface area contributed by atoms with Gasteiger partial charge in [-0.15, -0.1) is 10.2 Å². The largest absolute Gasteiger partial charge is 0.355 e. The van der Waals surface area contributed by atoms with E-state index in [0.717, 1.165) is 35.7 Å².